The molecule has 0 saturated carbocycles. The SMILES string of the molecule is O=C(Cn1nnc(-c2cccc(F)c2)n1)Nc1ccccc1Oc1ccccc1. The molecule has 0 saturated heterocycles. The van der Waals surface area contributed by atoms with Gasteiger partial charge >= 0.3 is 0 Å². The van der Waals surface area contributed by atoms with Gasteiger partial charge in [0.2, 0.25) is 11.7 Å². The minimum atomic E-state index is -0.397. The third kappa shape index (κ3) is 4.62. The van der Waals surface area contributed by atoms with Crippen molar-refractivity contribution in [1.82, 2.24) is 20.2 Å². The van der Waals surface area contributed by atoms with Crippen LogP contribution in [0.25, 0.3) is 11.4 Å². The molecule has 0 atom stereocenters. The highest BCUT2D eigenvalue weighted by atomic mass is 19.1. The van der Waals surface area contributed by atoms with Crippen molar-refractivity contribution in [2.75, 3.05) is 5.32 Å². The minimum Gasteiger partial charge on any atom is -0.455 e. The topological polar surface area (TPSA) is 81.9 Å². The highest BCUT2D eigenvalue weighted by Crippen LogP contribution is 2.29. The van der Waals surface area contributed by atoms with E-state index in [4.69, 9.17) is 4.74 Å². The number of ether oxygens (including phenoxy) is 1. The quantitative estimate of drug-likeness (QED) is 0.541. The fourth-order valence-corrected chi connectivity index (χ4v) is 2.65. The maximum absolute atomic E-state index is 13.3. The van der Waals surface area contributed by atoms with Gasteiger partial charge in [0, 0.05) is 5.56 Å². The van der Waals surface area contributed by atoms with Gasteiger partial charge in [0.15, 0.2) is 5.75 Å². The zero-order chi connectivity index (χ0) is 20.1. The molecule has 29 heavy (non-hydrogen) atoms. The summed E-state index contributed by atoms with van der Waals surface area (Å²) in [6.45, 7) is -0.151. The Bertz CT molecular complexity index is 1130. The van der Waals surface area contributed by atoms with E-state index in [-0.39, 0.29) is 18.3 Å². The number of nitrogens with zero attached hydrogens (tertiary/aromatic N) is 4. The number of carbonyl (C=O) groups is 1. The molecule has 7 nitrogen and oxygen atoms in total. The lowest BCUT2D eigenvalue weighted by molar-refractivity contribution is -0.117. The molecular formula is C21H16FN5O2. The van der Waals surface area contributed by atoms with Gasteiger partial charge in [-0.1, -0.05) is 42.5 Å². The normalized spacial score (nSPS) is 10.5. The van der Waals surface area contributed by atoms with Crippen LogP contribution in [0.1, 0.15) is 0 Å². The first kappa shape index (κ1) is 18.3. The zero-order valence-corrected chi connectivity index (χ0v) is 15.2. The molecule has 144 valence electrons. The summed E-state index contributed by atoms with van der Waals surface area (Å²) in [5, 5.41) is 14.6. The van der Waals surface area contributed by atoms with Crippen LogP contribution in [0.3, 0.4) is 0 Å². The van der Waals surface area contributed by atoms with Crippen LogP contribution in [-0.4, -0.2) is 26.1 Å². The summed E-state index contributed by atoms with van der Waals surface area (Å²) >= 11 is 0. The second-order valence-corrected chi connectivity index (χ2v) is 6.11. The van der Waals surface area contributed by atoms with Crippen molar-refractivity contribution in [2.45, 2.75) is 6.54 Å². The first-order valence-electron chi connectivity index (χ1n) is 8.83. The van der Waals surface area contributed by atoms with Crippen molar-refractivity contribution in [3.8, 4) is 22.9 Å². The molecule has 0 fully saturated rings. The highest BCUT2D eigenvalue weighted by molar-refractivity contribution is 5.92. The van der Waals surface area contributed by atoms with E-state index in [1.54, 1.807) is 30.3 Å². The van der Waals surface area contributed by atoms with Crippen molar-refractivity contribution in [3.63, 3.8) is 0 Å². The second kappa shape index (κ2) is 8.30. The van der Waals surface area contributed by atoms with Gasteiger partial charge < -0.3 is 10.1 Å². The lowest BCUT2D eigenvalue weighted by Gasteiger charge is -2.11. The molecule has 0 radical (unpaired) electrons. The first-order chi connectivity index (χ1) is 14.2. The van der Waals surface area contributed by atoms with E-state index in [0.717, 1.165) is 4.80 Å². The van der Waals surface area contributed by atoms with Gasteiger partial charge in [-0.25, -0.2) is 4.39 Å². The molecule has 0 unspecified atom stereocenters. The second-order valence-electron chi connectivity index (χ2n) is 6.11. The molecule has 1 heterocycles. The van der Waals surface area contributed by atoms with Crippen molar-refractivity contribution in [2.24, 2.45) is 0 Å². The van der Waals surface area contributed by atoms with E-state index >= 15 is 0 Å². The lowest BCUT2D eigenvalue weighted by Crippen LogP contribution is -2.20. The van der Waals surface area contributed by atoms with Crippen LogP contribution in [0.2, 0.25) is 0 Å². The minimum absolute atomic E-state index is 0.151. The predicted octanol–water partition coefficient (Wildman–Crippen LogP) is 3.91. The van der Waals surface area contributed by atoms with Crippen molar-refractivity contribution < 1.29 is 13.9 Å². The summed E-state index contributed by atoms with van der Waals surface area (Å²) in [4.78, 5) is 13.6. The summed E-state index contributed by atoms with van der Waals surface area (Å²) in [5.41, 5.74) is 1.00. The molecule has 1 aromatic heterocycles. The number of carbonyl (C=O) groups excluding carboxylic acids is 1. The van der Waals surface area contributed by atoms with Gasteiger partial charge in [0.25, 0.3) is 0 Å². The third-order valence-electron chi connectivity index (χ3n) is 3.95. The number of hydrogen-bond acceptors (Lipinski definition) is 5. The molecule has 4 rings (SSSR count). The molecule has 0 spiro atoms. The van der Waals surface area contributed by atoms with E-state index in [1.807, 2.05) is 36.4 Å². The molecule has 0 aliphatic carbocycles. The van der Waals surface area contributed by atoms with Crippen LogP contribution in [-0.2, 0) is 11.3 Å². The zero-order valence-electron chi connectivity index (χ0n) is 15.2. The van der Waals surface area contributed by atoms with Crippen LogP contribution in [0.5, 0.6) is 11.5 Å². The summed E-state index contributed by atoms with van der Waals surface area (Å²) in [5.74, 6) is 0.667. The first-order valence-corrected chi connectivity index (χ1v) is 8.83. The number of nitrogens with one attached hydrogen (secondary N) is 1. The molecule has 3 aromatic carbocycles. The maximum atomic E-state index is 13.3. The van der Waals surface area contributed by atoms with E-state index in [2.05, 4.69) is 20.7 Å². The highest BCUT2D eigenvalue weighted by Gasteiger charge is 2.12. The van der Waals surface area contributed by atoms with Gasteiger partial charge in [0.1, 0.15) is 18.1 Å². The molecular weight excluding hydrogens is 373 g/mol. The van der Waals surface area contributed by atoms with E-state index in [1.165, 1.54) is 12.1 Å². The van der Waals surface area contributed by atoms with E-state index in [9.17, 15) is 9.18 Å². The Hall–Kier alpha value is -4.07. The number of anilines is 1. The van der Waals surface area contributed by atoms with Gasteiger partial charge in [-0.15, -0.1) is 10.2 Å². The van der Waals surface area contributed by atoms with Crippen LogP contribution < -0.4 is 10.1 Å². The lowest BCUT2D eigenvalue weighted by atomic mass is 10.2. The Morgan fingerprint density at radius 3 is 2.62 bits per heavy atom. The van der Waals surface area contributed by atoms with Crippen LogP contribution in [0, 0.1) is 5.82 Å². The van der Waals surface area contributed by atoms with Crippen molar-refractivity contribution in [3.05, 3.63) is 84.7 Å². The largest absolute Gasteiger partial charge is 0.455 e. The summed E-state index contributed by atoms with van der Waals surface area (Å²) in [6.07, 6.45) is 0. The number of amides is 1. The summed E-state index contributed by atoms with van der Waals surface area (Å²) in [6, 6.07) is 22.2. The molecule has 4 aromatic rings. The van der Waals surface area contributed by atoms with Gasteiger partial charge in [-0.05, 0) is 41.6 Å². The standard InChI is InChI=1S/C21H16FN5O2/c22-16-8-6-7-15(13-16)21-24-26-27(25-21)14-20(28)23-18-11-4-5-12-19(18)29-17-9-2-1-3-10-17/h1-13H,14H2,(H,23,28). The van der Waals surface area contributed by atoms with Gasteiger partial charge in [-0.2, -0.15) is 4.80 Å². The molecule has 0 aliphatic heterocycles. The molecule has 0 bridgehead atoms. The van der Waals surface area contributed by atoms with Crippen molar-refractivity contribution >= 4 is 11.6 Å². The fraction of sp³-hybridized carbons (Fsp3) is 0.0476. The van der Waals surface area contributed by atoms with Crippen LogP contribution in [0.15, 0.2) is 78.9 Å². The van der Waals surface area contributed by atoms with Crippen LogP contribution in [0.4, 0.5) is 10.1 Å². The smallest absolute Gasteiger partial charge is 0.248 e. The average molecular weight is 389 g/mol. The van der Waals surface area contributed by atoms with E-state index in [0.29, 0.717) is 22.7 Å². The number of tetrazole rings is 1. The Kier molecular flexibility index (Phi) is 5.24. The number of para-hydroxylation sites is 3. The maximum Gasteiger partial charge on any atom is 0.248 e. The Labute approximate surface area is 165 Å². The number of hydrogen-bond donors (Lipinski definition) is 1. The van der Waals surface area contributed by atoms with Gasteiger partial charge in [0.05, 0.1) is 5.69 Å². The van der Waals surface area contributed by atoms with E-state index < -0.39 is 5.82 Å². The number of rotatable bonds is 6. The van der Waals surface area contributed by atoms with Crippen molar-refractivity contribution in [1.29, 1.82) is 0 Å². The van der Waals surface area contributed by atoms with Gasteiger partial charge in [-0.3, -0.25) is 4.79 Å². The summed E-state index contributed by atoms with van der Waals surface area (Å²) < 4.78 is 19.2. The molecule has 0 aliphatic rings. The Morgan fingerprint density at radius 1 is 1.00 bits per heavy atom. The monoisotopic (exact) mass is 389 g/mol. The fourth-order valence-electron chi connectivity index (χ4n) is 2.65. The average Bonchev–Trinajstić information content (AvgIpc) is 3.19. The number of halogens is 1. The third-order valence-corrected chi connectivity index (χ3v) is 3.95. The molecule has 1 amide bonds. The predicted molar refractivity (Wildman–Crippen MR) is 105 cm³/mol. The number of benzene rings is 3. The Morgan fingerprint density at radius 2 is 1.79 bits per heavy atom. The molecule has 1 N–H and O–H groups in total. The molecule has 8 heteroatoms. The number of aromatic nitrogens is 4. The van der Waals surface area contributed by atoms with Crippen LogP contribution >= 0.6 is 0 Å². The Balaban J connectivity index is 1.44. The summed E-state index contributed by atoms with van der Waals surface area (Å²) in [7, 11) is 0.